The highest BCUT2D eigenvalue weighted by Crippen LogP contribution is 2.37. The van der Waals surface area contributed by atoms with Gasteiger partial charge in [-0.15, -0.1) is 0 Å². The smallest absolute Gasteiger partial charge is 0.407 e. The third kappa shape index (κ3) is 5.03. The third-order valence-electron chi connectivity index (χ3n) is 7.39. The number of amides is 1. The predicted molar refractivity (Wildman–Crippen MR) is 135 cm³/mol. The summed E-state index contributed by atoms with van der Waals surface area (Å²) in [5.74, 6) is -0.119. The Morgan fingerprint density at radius 2 is 1.94 bits per heavy atom. The van der Waals surface area contributed by atoms with Gasteiger partial charge in [0.25, 0.3) is 0 Å². The summed E-state index contributed by atoms with van der Waals surface area (Å²) in [6.45, 7) is 12.4. The van der Waals surface area contributed by atoms with Gasteiger partial charge >= 0.3 is 6.09 Å². The number of hydrogen-bond donors (Lipinski definition) is 1. The number of hydrogen-bond acceptors (Lipinski definition) is 3. The summed E-state index contributed by atoms with van der Waals surface area (Å²) in [6, 6.07) is 11.1. The van der Waals surface area contributed by atoms with Gasteiger partial charge in [-0.1, -0.05) is 32.9 Å². The van der Waals surface area contributed by atoms with E-state index in [-0.39, 0.29) is 16.8 Å². The van der Waals surface area contributed by atoms with Gasteiger partial charge in [0.05, 0.1) is 17.8 Å². The molecule has 0 saturated carbocycles. The molecule has 0 spiro atoms. The highest BCUT2D eigenvalue weighted by Gasteiger charge is 2.37. The summed E-state index contributed by atoms with van der Waals surface area (Å²) in [7, 11) is -1.97. The quantitative estimate of drug-likeness (QED) is 0.418. The predicted octanol–water partition coefficient (Wildman–Crippen LogP) is 6.54. The average molecular weight is 484 g/mol. The van der Waals surface area contributed by atoms with Gasteiger partial charge in [0.15, 0.2) is 8.32 Å². The number of rotatable bonds is 5. The zero-order chi connectivity index (χ0) is 24.7. The van der Waals surface area contributed by atoms with E-state index in [1.807, 2.05) is 30.5 Å². The minimum Gasteiger partial charge on any atom is -0.465 e. The monoisotopic (exact) mass is 483 g/mol. The van der Waals surface area contributed by atoms with Crippen molar-refractivity contribution in [2.24, 2.45) is 0 Å². The van der Waals surface area contributed by atoms with E-state index in [9.17, 15) is 14.3 Å². The molecule has 0 aliphatic carbocycles. The number of carboxylic acid groups (broad SMARTS) is 1. The molecule has 34 heavy (non-hydrogen) atoms. The fourth-order valence-electron chi connectivity index (χ4n) is 4.21. The summed E-state index contributed by atoms with van der Waals surface area (Å²) in [5, 5.41) is 14.9. The maximum Gasteiger partial charge on any atom is 0.407 e. The van der Waals surface area contributed by atoms with Crippen molar-refractivity contribution in [3.63, 3.8) is 0 Å². The second kappa shape index (κ2) is 9.15. The zero-order valence-corrected chi connectivity index (χ0v) is 21.6. The number of fused-ring (bicyclic) bond motifs is 1. The molecule has 2 heterocycles. The van der Waals surface area contributed by atoms with Crippen molar-refractivity contribution in [3.8, 4) is 5.69 Å². The first-order valence-electron chi connectivity index (χ1n) is 11.8. The van der Waals surface area contributed by atoms with Gasteiger partial charge in [-0.3, -0.25) is 0 Å². The Balaban J connectivity index is 1.57. The van der Waals surface area contributed by atoms with Gasteiger partial charge in [0, 0.05) is 36.7 Å². The van der Waals surface area contributed by atoms with Crippen LogP contribution < -0.4 is 0 Å². The molecule has 1 fully saturated rings. The van der Waals surface area contributed by atoms with Crippen LogP contribution in [0.1, 0.15) is 50.7 Å². The maximum absolute atomic E-state index is 14.4. The van der Waals surface area contributed by atoms with Crippen LogP contribution in [0.2, 0.25) is 18.1 Å². The average Bonchev–Trinajstić information content (AvgIpc) is 3.21. The Bertz CT molecular complexity index is 1180. The number of likely N-dealkylation sites (tertiary alicyclic amines) is 1. The number of halogens is 1. The van der Waals surface area contributed by atoms with Crippen LogP contribution in [0.4, 0.5) is 9.18 Å². The SMILES string of the molecule is CC(C)(C)[Si](C)(C)OCc1cc(F)cc2nn(-c3ccc(C4CCCN(C(=O)O)C4)cc3)cc12. The zero-order valence-electron chi connectivity index (χ0n) is 20.6. The van der Waals surface area contributed by atoms with Crippen molar-refractivity contribution in [1.82, 2.24) is 14.7 Å². The van der Waals surface area contributed by atoms with Crippen LogP contribution in [0.5, 0.6) is 0 Å². The Kier molecular flexibility index (Phi) is 6.57. The Morgan fingerprint density at radius 1 is 1.24 bits per heavy atom. The van der Waals surface area contributed by atoms with Crippen molar-refractivity contribution in [2.75, 3.05) is 13.1 Å². The summed E-state index contributed by atoms with van der Waals surface area (Å²) in [5.41, 5.74) is 3.41. The maximum atomic E-state index is 14.4. The molecule has 1 aromatic heterocycles. The number of aromatic nitrogens is 2. The summed E-state index contributed by atoms with van der Waals surface area (Å²) >= 11 is 0. The molecular weight excluding hydrogens is 449 g/mol. The summed E-state index contributed by atoms with van der Waals surface area (Å²) in [6.07, 6.45) is 2.92. The van der Waals surface area contributed by atoms with Gasteiger partial charge in [-0.05, 0) is 60.3 Å². The molecule has 1 amide bonds. The van der Waals surface area contributed by atoms with E-state index in [2.05, 4.69) is 39.0 Å². The Hall–Kier alpha value is -2.71. The Morgan fingerprint density at radius 3 is 2.59 bits per heavy atom. The van der Waals surface area contributed by atoms with E-state index in [0.717, 1.165) is 35.0 Å². The van der Waals surface area contributed by atoms with E-state index in [0.29, 0.717) is 25.2 Å². The molecule has 1 aliphatic rings. The molecule has 8 heteroatoms. The van der Waals surface area contributed by atoms with Crippen LogP contribution in [0.25, 0.3) is 16.6 Å². The molecule has 1 N–H and O–H groups in total. The molecule has 2 aromatic carbocycles. The van der Waals surface area contributed by atoms with Crippen molar-refractivity contribution in [2.45, 2.75) is 64.3 Å². The number of benzene rings is 2. The lowest BCUT2D eigenvalue weighted by Gasteiger charge is -2.36. The minimum absolute atomic E-state index is 0.0746. The molecule has 6 nitrogen and oxygen atoms in total. The van der Waals surface area contributed by atoms with Crippen LogP contribution in [0.15, 0.2) is 42.6 Å². The van der Waals surface area contributed by atoms with E-state index >= 15 is 0 Å². The van der Waals surface area contributed by atoms with E-state index < -0.39 is 14.4 Å². The molecule has 182 valence electrons. The van der Waals surface area contributed by atoms with Gasteiger partial charge in [0.2, 0.25) is 0 Å². The molecule has 1 aliphatic heterocycles. The fraction of sp³-hybridized carbons (Fsp3) is 0.462. The summed E-state index contributed by atoms with van der Waals surface area (Å²) in [4.78, 5) is 12.8. The lowest BCUT2D eigenvalue weighted by atomic mass is 9.91. The van der Waals surface area contributed by atoms with Crippen LogP contribution in [-0.2, 0) is 11.0 Å². The van der Waals surface area contributed by atoms with Crippen LogP contribution in [-0.4, -0.2) is 47.3 Å². The number of carbonyl (C=O) groups is 1. The fourth-order valence-corrected chi connectivity index (χ4v) is 5.16. The van der Waals surface area contributed by atoms with Crippen molar-refractivity contribution in [3.05, 3.63) is 59.5 Å². The topological polar surface area (TPSA) is 67.6 Å². The molecule has 1 unspecified atom stereocenters. The standard InChI is InChI=1S/C26H34FN3O3Si/c1-26(2,3)34(4,5)33-17-20-13-21(27)14-24-23(20)16-30(28-24)22-10-8-18(9-11-22)19-7-6-12-29(15-19)25(31)32/h8-11,13-14,16,19H,6-7,12,15,17H2,1-5H3,(H,31,32). The van der Waals surface area contributed by atoms with E-state index in [4.69, 9.17) is 4.43 Å². The van der Waals surface area contributed by atoms with Gasteiger partial charge in [0.1, 0.15) is 5.82 Å². The molecule has 1 saturated heterocycles. The first-order chi connectivity index (χ1) is 15.9. The second-order valence-corrected chi connectivity index (χ2v) is 15.6. The third-order valence-corrected chi connectivity index (χ3v) is 11.9. The molecular formula is C26H34FN3O3Si. The van der Waals surface area contributed by atoms with Crippen molar-refractivity contribution >= 4 is 25.3 Å². The molecule has 4 rings (SSSR count). The number of nitrogens with zero attached hydrogens (tertiary/aromatic N) is 3. The molecule has 1 atom stereocenters. The highest BCUT2D eigenvalue weighted by molar-refractivity contribution is 6.74. The van der Waals surface area contributed by atoms with Gasteiger partial charge < -0.3 is 14.4 Å². The van der Waals surface area contributed by atoms with Gasteiger partial charge in [-0.25, -0.2) is 13.9 Å². The van der Waals surface area contributed by atoms with Crippen LogP contribution in [0.3, 0.4) is 0 Å². The highest BCUT2D eigenvalue weighted by atomic mass is 28.4. The first-order valence-corrected chi connectivity index (χ1v) is 14.8. The summed E-state index contributed by atoms with van der Waals surface area (Å²) < 4.78 is 22.5. The normalized spacial score (nSPS) is 17.4. The Labute approximate surface area is 201 Å². The lowest BCUT2D eigenvalue weighted by molar-refractivity contribution is 0.130. The first kappa shape index (κ1) is 24.4. The van der Waals surface area contributed by atoms with Crippen LogP contribution >= 0.6 is 0 Å². The van der Waals surface area contributed by atoms with Gasteiger partial charge in [-0.2, -0.15) is 5.10 Å². The molecule has 0 bridgehead atoms. The molecule has 3 aromatic rings. The number of piperidine rings is 1. The minimum atomic E-state index is -1.97. The van der Waals surface area contributed by atoms with Crippen molar-refractivity contribution in [1.29, 1.82) is 0 Å². The van der Waals surface area contributed by atoms with Crippen LogP contribution in [0, 0.1) is 5.82 Å². The van der Waals surface area contributed by atoms with E-state index in [1.54, 1.807) is 10.7 Å². The van der Waals surface area contributed by atoms with Crippen molar-refractivity contribution < 1.29 is 18.7 Å². The second-order valence-electron chi connectivity index (χ2n) is 10.8. The lowest BCUT2D eigenvalue weighted by Crippen LogP contribution is -2.40. The molecule has 0 radical (unpaired) electrons. The van der Waals surface area contributed by atoms with E-state index in [1.165, 1.54) is 11.0 Å². The largest absolute Gasteiger partial charge is 0.465 e.